The summed E-state index contributed by atoms with van der Waals surface area (Å²) in [5.74, 6) is -0.180. The van der Waals surface area contributed by atoms with Gasteiger partial charge in [0.2, 0.25) is 0 Å². The summed E-state index contributed by atoms with van der Waals surface area (Å²) in [7, 11) is 1.32. The van der Waals surface area contributed by atoms with Gasteiger partial charge in [0.25, 0.3) is 0 Å². The highest BCUT2D eigenvalue weighted by Crippen LogP contribution is 2.48. The fourth-order valence-corrected chi connectivity index (χ4v) is 2.43. The van der Waals surface area contributed by atoms with Crippen molar-refractivity contribution in [3.8, 4) is 5.75 Å². The normalized spacial score (nSPS) is 10.4. The molecule has 0 saturated heterocycles. The Morgan fingerprint density at radius 3 is 1.89 bits per heavy atom. The van der Waals surface area contributed by atoms with Crippen LogP contribution in [0.1, 0.15) is 12.8 Å². The first kappa shape index (κ1) is 17.0. The highest BCUT2D eigenvalue weighted by atomic mass is 35.5. The first-order chi connectivity index (χ1) is 8.90. The molecule has 0 N–H and O–H groups in total. The van der Waals surface area contributed by atoms with Gasteiger partial charge in [-0.2, -0.15) is 0 Å². The molecule has 1 rings (SSSR count). The molecule has 1 aromatic carbocycles. The fraction of sp³-hybridized carbons (Fsp3) is 0.364. The van der Waals surface area contributed by atoms with Crippen molar-refractivity contribution in [1.29, 1.82) is 0 Å². The molecule has 0 spiro atoms. The van der Waals surface area contributed by atoms with Gasteiger partial charge in [0, 0.05) is 6.42 Å². The van der Waals surface area contributed by atoms with E-state index in [9.17, 15) is 4.79 Å². The number of methoxy groups -OCH3 is 1. The summed E-state index contributed by atoms with van der Waals surface area (Å²) < 4.78 is 9.88. The van der Waals surface area contributed by atoms with Gasteiger partial charge < -0.3 is 9.47 Å². The maximum atomic E-state index is 10.9. The highest BCUT2D eigenvalue weighted by molar-refractivity contribution is 6.55. The van der Waals surface area contributed by atoms with Crippen molar-refractivity contribution in [2.75, 3.05) is 13.7 Å². The number of carbonyl (C=O) groups is 1. The van der Waals surface area contributed by atoms with Crippen molar-refractivity contribution in [1.82, 2.24) is 0 Å². The minimum Gasteiger partial charge on any atom is -0.490 e. The lowest BCUT2D eigenvalue weighted by Gasteiger charge is -2.13. The van der Waals surface area contributed by atoms with Gasteiger partial charge >= 0.3 is 5.97 Å². The maximum absolute atomic E-state index is 10.9. The molecule has 0 radical (unpaired) electrons. The number of carbonyl (C=O) groups excluding carboxylic acids is 1. The van der Waals surface area contributed by atoms with Gasteiger partial charge in [0.05, 0.1) is 28.8 Å². The van der Waals surface area contributed by atoms with E-state index in [4.69, 9.17) is 62.7 Å². The van der Waals surface area contributed by atoms with E-state index in [-0.39, 0.29) is 49.9 Å². The molecule has 0 fully saturated rings. The Morgan fingerprint density at radius 1 is 0.947 bits per heavy atom. The van der Waals surface area contributed by atoms with Gasteiger partial charge in [-0.1, -0.05) is 58.0 Å². The Kier molecular flexibility index (Phi) is 6.84. The molecule has 0 aromatic heterocycles. The summed E-state index contributed by atoms with van der Waals surface area (Å²) in [5, 5.41) is 0.375. The van der Waals surface area contributed by atoms with Crippen molar-refractivity contribution >= 4 is 64.0 Å². The molecule has 0 saturated carbocycles. The summed E-state index contributed by atoms with van der Waals surface area (Å²) in [5.41, 5.74) is 0. The monoisotopic (exact) mass is 364 g/mol. The molecule has 19 heavy (non-hydrogen) atoms. The summed E-state index contributed by atoms with van der Waals surface area (Å²) in [6, 6.07) is 0. The Labute approximate surface area is 135 Å². The van der Waals surface area contributed by atoms with Gasteiger partial charge in [-0.15, -0.1) is 0 Å². The van der Waals surface area contributed by atoms with Gasteiger partial charge in [-0.05, 0) is 6.42 Å². The predicted molar refractivity (Wildman–Crippen MR) is 78.2 cm³/mol. The second-order valence-electron chi connectivity index (χ2n) is 3.43. The number of benzene rings is 1. The van der Waals surface area contributed by atoms with Crippen LogP contribution in [0.15, 0.2) is 0 Å². The smallest absolute Gasteiger partial charge is 0.305 e. The standard InChI is InChI=1S/C11H9Cl5O3/c1-18-5(17)3-2-4-19-11-9(15)7(13)6(12)8(14)10(11)16/h2-4H2,1H3. The van der Waals surface area contributed by atoms with E-state index in [0.717, 1.165) is 0 Å². The minimum absolute atomic E-state index is 0.0697. The fourth-order valence-electron chi connectivity index (χ4n) is 1.20. The van der Waals surface area contributed by atoms with E-state index >= 15 is 0 Å². The molecule has 1 aromatic rings. The largest absolute Gasteiger partial charge is 0.490 e. The zero-order valence-electron chi connectivity index (χ0n) is 9.74. The van der Waals surface area contributed by atoms with E-state index in [2.05, 4.69) is 4.74 Å². The van der Waals surface area contributed by atoms with Gasteiger partial charge in [-0.3, -0.25) is 4.79 Å². The highest BCUT2D eigenvalue weighted by Gasteiger charge is 2.20. The molecule has 0 heterocycles. The van der Waals surface area contributed by atoms with Gasteiger partial charge in [0.15, 0.2) is 5.75 Å². The maximum Gasteiger partial charge on any atom is 0.305 e. The Balaban J connectivity index is 2.77. The number of hydrogen-bond donors (Lipinski definition) is 0. The molecule has 0 bridgehead atoms. The Hall–Kier alpha value is -0.0600. The zero-order valence-corrected chi connectivity index (χ0v) is 13.5. The molecule has 0 aliphatic carbocycles. The summed E-state index contributed by atoms with van der Waals surface area (Å²) >= 11 is 29.5. The average Bonchev–Trinajstić information content (AvgIpc) is 2.41. The van der Waals surface area contributed by atoms with Crippen LogP contribution in [0.3, 0.4) is 0 Å². The minimum atomic E-state index is -0.326. The van der Waals surface area contributed by atoms with Crippen LogP contribution in [-0.2, 0) is 9.53 Å². The molecule has 8 heteroatoms. The number of ether oxygens (including phenoxy) is 2. The first-order valence-electron chi connectivity index (χ1n) is 5.11. The molecule has 0 aliphatic heterocycles. The molecule has 0 amide bonds. The van der Waals surface area contributed by atoms with Crippen molar-refractivity contribution in [2.24, 2.45) is 0 Å². The lowest BCUT2D eigenvalue weighted by atomic mass is 10.3. The van der Waals surface area contributed by atoms with E-state index in [1.54, 1.807) is 0 Å². The van der Waals surface area contributed by atoms with Crippen LogP contribution >= 0.6 is 58.0 Å². The number of halogens is 5. The third-order valence-electron chi connectivity index (χ3n) is 2.17. The van der Waals surface area contributed by atoms with Crippen molar-refractivity contribution < 1.29 is 14.3 Å². The van der Waals surface area contributed by atoms with Crippen LogP contribution in [0, 0.1) is 0 Å². The van der Waals surface area contributed by atoms with E-state index < -0.39 is 0 Å². The third-order valence-corrected chi connectivity index (χ3v) is 4.41. The Morgan fingerprint density at radius 2 is 1.42 bits per heavy atom. The molecular formula is C11H9Cl5O3. The summed E-state index contributed by atoms with van der Waals surface area (Å²) in [6.07, 6.45) is 0.665. The SMILES string of the molecule is COC(=O)CCCOc1c(Cl)c(Cl)c(Cl)c(Cl)c1Cl. The molecule has 3 nitrogen and oxygen atoms in total. The van der Waals surface area contributed by atoms with Crippen molar-refractivity contribution in [3.05, 3.63) is 25.1 Å². The van der Waals surface area contributed by atoms with E-state index in [0.29, 0.717) is 6.42 Å². The lowest BCUT2D eigenvalue weighted by Crippen LogP contribution is -2.05. The van der Waals surface area contributed by atoms with Crippen LogP contribution in [0.5, 0.6) is 5.75 Å². The van der Waals surface area contributed by atoms with Crippen molar-refractivity contribution in [3.63, 3.8) is 0 Å². The number of rotatable bonds is 5. The van der Waals surface area contributed by atoms with Gasteiger partial charge in [0.1, 0.15) is 10.0 Å². The molecular weight excluding hydrogens is 357 g/mol. The Bertz CT molecular complexity index is 461. The van der Waals surface area contributed by atoms with E-state index in [1.165, 1.54) is 7.11 Å². The summed E-state index contributed by atoms with van der Waals surface area (Å²) in [4.78, 5) is 10.9. The van der Waals surface area contributed by atoms with Crippen LogP contribution in [-0.4, -0.2) is 19.7 Å². The molecule has 0 aliphatic rings. The van der Waals surface area contributed by atoms with Crippen LogP contribution in [0.2, 0.25) is 25.1 Å². The van der Waals surface area contributed by atoms with Gasteiger partial charge in [-0.25, -0.2) is 0 Å². The average molecular weight is 366 g/mol. The molecule has 0 unspecified atom stereocenters. The topological polar surface area (TPSA) is 35.5 Å². The van der Waals surface area contributed by atoms with E-state index in [1.807, 2.05) is 0 Å². The molecule has 106 valence electrons. The number of hydrogen-bond acceptors (Lipinski definition) is 3. The summed E-state index contributed by atoms with van der Waals surface area (Å²) in [6.45, 7) is 0.211. The van der Waals surface area contributed by atoms with Crippen LogP contribution in [0.25, 0.3) is 0 Å². The first-order valence-corrected chi connectivity index (χ1v) is 7.00. The second kappa shape index (κ2) is 7.65. The van der Waals surface area contributed by atoms with Crippen molar-refractivity contribution in [2.45, 2.75) is 12.8 Å². The molecule has 0 atom stereocenters. The van der Waals surface area contributed by atoms with Crippen LogP contribution < -0.4 is 4.74 Å². The number of esters is 1. The third kappa shape index (κ3) is 4.20. The quantitative estimate of drug-likeness (QED) is 0.308. The zero-order chi connectivity index (χ0) is 14.6. The lowest BCUT2D eigenvalue weighted by molar-refractivity contribution is -0.140. The van der Waals surface area contributed by atoms with Crippen LogP contribution in [0.4, 0.5) is 0 Å². The predicted octanol–water partition coefficient (Wildman–Crippen LogP) is 5.29. The second-order valence-corrected chi connectivity index (χ2v) is 5.32.